The Kier molecular flexibility index (Phi) is 10.7. The van der Waals surface area contributed by atoms with E-state index in [0.717, 1.165) is 24.2 Å². The van der Waals surface area contributed by atoms with Crippen LogP contribution < -0.4 is 9.62 Å². The lowest BCUT2D eigenvalue weighted by atomic mass is 10.0. The van der Waals surface area contributed by atoms with E-state index in [1.165, 1.54) is 19.0 Å². The van der Waals surface area contributed by atoms with Crippen LogP contribution in [0.15, 0.2) is 89.4 Å². The molecule has 0 aliphatic carbocycles. The van der Waals surface area contributed by atoms with E-state index in [4.69, 9.17) is 0 Å². The highest BCUT2D eigenvalue weighted by atomic mass is 79.9. The molecule has 2 amide bonds. The van der Waals surface area contributed by atoms with Crippen molar-refractivity contribution >= 4 is 43.6 Å². The third-order valence-corrected chi connectivity index (χ3v) is 8.38. The number of carbonyl (C=O) groups excluding carboxylic acids is 2. The largest absolute Gasteiger partial charge is 0.352 e. The van der Waals surface area contributed by atoms with E-state index in [1.54, 1.807) is 30.3 Å². The van der Waals surface area contributed by atoms with Gasteiger partial charge < -0.3 is 10.2 Å². The zero-order valence-corrected chi connectivity index (χ0v) is 25.0. The molecule has 8 nitrogen and oxygen atoms in total. The molecule has 0 saturated heterocycles. The summed E-state index contributed by atoms with van der Waals surface area (Å²) in [6.45, 7) is 3.37. The topological polar surface area (TPSA) is 90.0 Å². The van der Waals surface area contributed by atoms with Gasteiger partial charge in [0.2, 0.25) is 11.8 Å². The maximum atomic E-state index is 14.1. The van der Waals surface area contributed by atoms with Crippen molar-refractivity contribution in [2.45, 2.75) is 38.9 Å². The first-order valence-corrected chi connectivity index (χ1v) is 14.8. The minimum Gasteiger partial charge on any atom is -0.352 e. The molecule has 0 unspecified atom stereocenters. The van der Waals surface area contributed by atoms with Crippen molar-refractivity contribution in [3.8, 4) is 0 Å². The van der Waals surface area contributed by atoms with Crippen LogP contribution in [0, 0.1) is 0 Å². The first-order chi connectivity index (χ1) is 18.5. The lowest BCUT2D eigenvalue weighted by Crippen LogP contribution is -2.55. The van der Waals surface area contributed by atoms with Crippen LogP contribution >= 0.6 is 15.9 Å². The molecule has 3 aromatic rings. The summed E-state index contributed by atoms with van der Waals surface area (Å²) in [5, 5.41) is 2.95. The van der Waals surface area contributed by atoms with E-state index < -0.39 is 28.7 Å². The summed E-state index contributed by atoms with van der Waals surface area (Å²) < 4.78 is 29.7. The zero-order chi connectivity index (χ0) is 28.6. The summed E-state index contributed by atoms with van der Waals surface area (Å²) in [4.78, 5) is 29.1. The van der Waals surface area contributed by atoms with Gasteiger partial charge in [-0.1, -0.05) is 76.6 Å². The number of carbonyl (C=O) groups is 2. The lowest BCUT2D eigenvalue weighted by Gasteiger charge is -2.34. The van der Waals surface area contributed by atoms with Crippen LogP contribution in [0.3, 0.4) is 0 Å². The van der Waals surface area contributed by atoms with Crippen molar-refractivity contribution in [1.29, 1.82) is 0 Å². The summed E-state index contributed by atoms with van der Waals surface area (Å²) in [6, 6.07) is 24.4. The molecule has 3 rings (SSSR count). The number of benzene rings is 3. The number of hydrogen-bond donors (Lipinski definition) is 1. The Balaban J connectivity index is 2.07. The number of halogens is 1. The van der Waals surface area contributed by atoms with Gasteiger partial charge in [-0.3, -0.25) is 9.59 Å². The van der Waals surface area contributed by atoms with Crippen LogP contribution in [0.4, 0.5) is 5.69 Å². The number of anilines is 1. The third kappa shape index (κ3) is 8.39. The minimum absolute atomic E-state index is 0.125. The molecule has 10 heteroatoms. The Morgan fingerprint density at radius 3 is 1.95 bits per heavy atom. The molecule has 1 N–H and O–H groups in total. The van der Waals surface area contributed by atoms with Crippen molar-refractivity contribution in [2.75, 3.05) is 24.9 Å². The Morgan fingerprint density at radius 2 is 1.41 bits per heavy atom. The summed E-state index contributed by atoms with van der Waals surface area (Å²) in [5.41, 5.74) is 2.05. The highest BCUT2D eigenvalue weighted by Crippen LogP contribution is 2.22. The molecule has 0 radical (unpaired) electrons. The fourth-order valence-electron chi connectivity index (χ4n) is 4.03. The van der Waals surface area contributed by atoms with Crippen molar-refractivity contribution < 1.29 is 18.0 Å². The maximum Gasteiger partial charge on any atom is 0.304 e. The fourth-order valence-corrected chi connectivity index (χ4v) is 5.35. The van der Waals surface area contributed by atoms with Crippen LogP contribution in [0.25, 0.3) is 0 Å². The SMILES string of the molecule is CC(C)NC(=O)[C@H](Cc1ccccc1)N(Cc1ccc(Br)cc1)C(=O)CN(c1ccccc1)S(=O)(=O)N(C)C. The predicted octanol–water partition coefficient (Wildman–Crippen LogP) is 4.23. The Hall–Kier alpha value is -3.21. The van der Waals surface area contributed by atoms with Gasteiger partial charge in [0.1, 0.15) is 12.6 Å². The number of para-hydroxylation sites is 1. The molecule has 0 spiro atoms. The first-order valence-electron chi connectivity index (χ1n) is 12.6. The van der Waals surface area contributed by atoms with Gasteiger partial charge in [-0.25, -0.2) is 4.31 Å². The van der Waals surface area contributed by atoms with Gasteiger partial charge in [0.05, 0.1) is 5.69 Å². The molecule has 0 heterocycles. The number of nitrogens with one attached hydrogen (secondary N) is 1. The van der Waals surface area contributed by atoms with E-state index in [0.29, 0.717) is 5.69 Å². The minimum atomic E-state index is -4.01. The average Bonchev–Trinajstić information content (AvgIpc) is 2.90. The Labute approximate surface area is 239 Å². The highest BCUT2D eigenvalue weighted by Gasteiger charge is 2.34. The monoisotopic (exact) mass is 614 g/mol. The van der Waals surface area contributed by atoms with Crippen LogP contribution in [-0.2, 0) is 32.8 Å². The summed E-state index contributed by atoms with van der Waals surface area (Å²) >= 11 is 3.44. The molecule has 3 aromatic carbocycles. The van der Waals surface area contributed by atoms with Crippen LogP contribution in [-0.4, -0.2) is 62.2 Å². The van der Waals surface area contributed by atoms with Crippen LogP contribution in [0.1, 0.15) is 25.0 Å². The normalized spacial score (nSPS) is 12.3. The molecule has 39 heavy (non-hydrogen) atoms. The van der Waals surface area contributed by atoms with E-state index in [1.807, 2.05) is 68.4 Å². The van der Waals surface area contributed by atoms with Gasteiger partial charge in [0.25, 0.3) is 0 Å². The molecule has 1 atom stereocenters. The molecular formula is C29H35BrN4O4S. The summed E-state index contributed by atoms with van der Waals surface area (Å²) in [5.74, 6) is -0.798. The standard InChI is InChI=1S/C29H35BrN4O4S/c1-22(2)31-29(36)27(19-23-11-7-5-8-12-23)33(20-24-15-17-25(30)18-16-24)28(35)21-34(39(37,38)32(3)4)26-13-9-6-10-14-26/h5-18,22,27H,19-21H2,1-4H3,(H,31,36)/t27-/m0/s1. The number of nitrogens with zero attached hydrogens (tertiary/aromatic N) is 3. The summed E-state index contributed by atoms with van der Waals surface area (Å²) in [6.07, 6.45) is 0.271. The number of hydrogen-bond acceptors (Lipinski definition) is 4. The molecule has 208 valence electrons. The van der Waals surface area contributed by atoms with Gasteiger partial charge in [-0.05, 0) is 49.2 Å². The van der Waals surface area contributed by atoms with Crippen molar-refractivity contribution in [3.63, 3.8) is 0 Å². The van der Waals surface area contributed by atoms with E-state index in [9.17, 15) is 18.0 Å². The number of amides is 2. The van der Waals surface area contributed by atoms with E-state index in [-0.39, 0.29) is 24.9 Å². The predicted molar refractivity (Wildman–Crippen MR) is 158 cm³/mol. The second-order valence-electron chi connectivity index (χ2n) is 9.65. The maximum absolute atomic E-state index is 14.1. The highest BCUT2D eigenvalue weighted by molar-refractivity contribution is 9.10. The smallest absolute Gasteiger partial charge is 0.304 e. The first kappa shape index (κ1) is 30.3. The summed E-state index contributed by atoms with van der Waals surface area (Å²) in [7, 11) is -1.17. The lowest BCUT2D eigenvalue weighted by molar-refractivity contribution is -0.140. The quantitative estimate of drug-likeness (QED) is 0.331. The average molecular weight is 616 g/mol. The molecule has 0 saturated carbocycles. The Bertz CT molecular complexity index is 1330. The van der Waals surface area contributed by atoms with Crippen LogP contribution in [0.2, 0.25) is 0 Å². The molecule has 0 aromatic heterocycles. The zero-order valence-electron chi connectivity index (χ0n) is 22.6. The number of rotatable bonds is 12. The molecule has 0 fully saturated rings. The molecule has 0 aliphatic rings. The fraction of sp³-hybridized carbons (Fsp3) is 0.310. The Morgan fingerprint density at radius 1 is 0.846 bits per heavy atom. The van der Waals surface area contributed by atoms with Crippen LogP contribution in [0.5, 0.6) is 0 Å². The van der Waals surface area contributed by atoms with E-state index >= 15 is 0 Å². The molecule has 0 aliphatic heterocycles. The third-order valence-electron chi connectivity index (χ3n) is 6.03. The van der Waals surface area contributed by atoms with Crippen molar-refractivity contribution in [2.24, 2.45) is 0 Å². The molecular weight excluding hydrogens is 580 g/mol. The molecule has 0 bridgehead atoms. The second-order valence-corrected chi connectivity index (χ2v) is 12.6. The van der Waals surface area contributed by atoms with Crippen molar-refractivity contribution in [1.82, 2.24) is 14.5 Å². The van der Waals surface area contributed by atoms with Crippen molar-refractivity contribution in [3.05, 3.63) is 101 Å². The van der Waals surface area contributed by atoms with Gasteiger partial charge in [0.15, 0.2) is 0 Å². The van der Waals surface area contributed by atoms with Gasteiger partial charge in [-0.15, -0.1) is 0 Å². The van der Waals surface area contributed by atoms with Gasteiger partial charge in [-0.2, -0.15) is 12.7 Å². The van der Waals surface area contributed by atoms with Gasteiger partial charge >= 0.3 is 10.2 Å². The van der Waals surface area contributed by atoms with E-state index in [2.05, 4.69) is 21.2 Å². The second kappa shape index (κ2) is 13.7. The van der Waals surface area contributed by atoms with Gasteiger partial charge in [0, 0.05) is 37.6 Å².